The first-order valence-corrected chi connectivity index (χ1v) is 6.90. The third kappa shape index (κ3) is 2.57. The van der Waals surface area contributed by atoms with Crippen LogP contribution < -0.4 is 5.73 Å². The van der Waals surface area contributed by atoms with Crippen LogP contribution in [0.2, 0.25) is 0 Å². The second kappa shape index (κ2) is 5.19. The maximum Gasteiger partial charge on any atom is 0.333 e. The topological polar surface area (TPSA) is 87.0 Å². The predicted molar refractivity (Wildman–Crippen MR) is 73.9 cm³/mol. The van der Waals surface area contributed by atoms with Crippen LogP contribution in [0.3, 0.4) is 0 Å². The zero-order valence-electron chi connectivity index (χ0n) is 11.8. The monoisotopic (exact) mass is 266 g/mol. The number of hydrogen-bond donors (Lipinski definition) is 1. The molecule has 1 saturated carbocycles. The molecule has 6 nitrogen and oxygen atoms in total. The van der Waals surface area contributed by atoms with Crippen molar-refractivity contribution in [3.63, 3.8) is 0 Å². The van der Waals surface area contributed by atoms with Crippen molar-refractivity contribution in [1.29, 1.82) is 0 Å². The van der Waals surface area contributed by atoms with Gasteiger partial charge in [0.2, 0.25) is 5.82 Å². The van der Waals surface area contributed by atoms with E-state index < -0.39 is 4.92 Å². The minimum Gasteiger partial charge on any atom is -0.378 e. The van der Waals surface area contributed by atoms with E-state index in [0.717, 1.165) is 19.3 Å². The van der Waals surface area contributed by atoms with Gasteiger partial charge >= 0.3 is 5.69 Å². The van der Waals surface area contributed by atoms with E-state index in [0.29, 0.717) is 17.5 Å². The molecule has 19 heavy (non-hydrogen) atoms. The van der Waals surface area contributed by atoms with Crippen LogP contribution in [0.25, 0.3) is 0 Å². The van der Waals surface area contributed by atoms with Gasteiger partial charge in [0.05, 0.1) is 11.0 Å². The molecule has 1 fully saturated rings. The van der Waals surface area contributed by atoms with Crippen LogP contribution in [0.5, 0.6) is 0 Å². The molecule has 6 heteroatoms. The van der Waals surface area contributed by atoms with Crippen molar-refractivity contribution in [1.82, 2.24) is 9.78 Å². The van der Waals surface area contributed by atoms with Gasteiger partial charge in [-0.3, -0.25) is 10.1 Å². The first-order valence-electron chi connectivity index (χ1n) is 6.90. The summed E-state index contributed by atoms with van der Waals surface area (Å²) in [6.07, 6.45) is 4.39. The van der Waals surface area contributed by atoms with Crippen molar-refractivity contribution < 1.29 is 4.92 Å². The smallest absolute Gasteiger partial charge is 0.333 e. The van der Waals surface area contributed by atoms with Gasteiger partial charge in [0.25, 0.3) is 0 Å². The molecular weight excluding hydrogens is 244 g/mol. The van der Waals surface area contributed by atoms with Crippen molar-refractivity contribution in [3.05, 3.63) is 15.8 Å². The molecule has 1 aromatic heterocycles. The molecule has 0 spiro atoms. The van der Waals surface area contributed by atoms with Crippen molar-refractivity contribution in [2.75, 3.05) is 5.73 Å². The molecule has 0 aliphatic heterocycles. The Labute approximate surface area is 113 Å². The van der Waals surface area contributed by atoms with Gasteiger partial charge in [0.15, 0.2) is 0 Å². The standard InChI is InChI=1S/C13H22N4O2/c1-8(2)10-5-4-6-11(7-10)16-13(14)12(17(18)19)9(3)15-16/h8,10-11H,4-7,14H2,1-3H3. The second-order valence-corrected chi connectivity index (χ2v) is 5.85. The quantitative estimate of drug-likeness (QED) is 0.672. The highest BCUT2D eigenvalue weighted by molar-refractivity contribution is 5.56. The molecule has 1 aliphatic rings. The molecule has 1 aromatic rings. The predicted octanol–water partition coefficient (Wildman–Crippen LogP) is 3.07. The normalized spacial score (nSPS) is 23.8. The summed E-state index contributed by atoms with van der Waals surface area (Å²) in [4.78, 5) is 10.5. The number of nitrogens with two attached hydrogens (primary N) is 1. The Balaban J connectivity index is 2.27. The van der Waals surface area contributed by atoms with E-state index >= 15 is 0 Å². The van der Waals surface area contributed by atoms with Gasteiger partial charge in [-0.2, -0.15) is 5.10 Å². The van der Waals surface area contributed by atoms with Crippen molar-refractivity contribution in [2.24, 2.45) is 11.8 Å². The second-order valence-electron chi connectivity index (χ2n) is 5.85. The summed E-state index contributed by atoms with van der Waals surface area (Å²) in [5.74, 6) is 1.49. The van der Waals surface area contributed by atoms with Gasteiger partial charge < -0.3 is 5.73 Å². The average molecular weight is 266 g/mol. The molecule has 0 aromatic carbocycles. The highest BCUT2D eigenvalue weighted by Crippen LogP contribution is 2.39. The lowest BCUT2D eigenvalue weighted by Gasteiger charge is -2.31. The molecule has 2 atom stereocenters. The Bertz CT molecular complexity index is 481. The fraction of sp³-hybridized carbons (Fsp3) is 0.769. The minimum absolute atomic E-state index is 0.0355. The summed E-state index contributed by atoms with van der Waals surface area (Å²) in [7, 11) is 0. The summed E-state index contributed by atoms with van der Waals surface area (Å²) in [6.45, 7) is 6.11. The molecule has 0 radical (unpaired) electrons. The van der Waals surface area contributed by atoms with E-state index in [2.05, 4.69) is 18.9 Å². The SMILES string of the molecule is Cc1nn(C2CCCC(C(C)C)C2)c(N)c1[N+](=O)[O-]. The van der Waals surface area contributed by atoms with Crippen LogP contribution in [-0.2, 0) is 0 Å². The maximum atomic E-state index is 11.0. The van der Waals surface area contributed by atoms with Gasteiger partial charge in [0, 0.05) is 0 Å². The van der Waals surface area contributed by atoms with E-state index in [1.165, 1.54) is 6.42 Å². The Morgan fingerprint density at radius 3 is 2.68 bits per heavy atom. The van der Waals surface area contributed by atoms with Crippen LogP contribution in [0.1, 0.15) is 51.3 Å². The molecule has 2 unspecified atom stereocenters. The Kier molecular flexibility index (Phi) is 3.78. The third-order valence-electron chi connectivity index (χ3n) is 4.25. The summed E-state index contributed by atoms with van der Waals surface area (Å²) in [6, 6.07) is 0.202. The molecule has 106 valence electrons. The molecule has 0 saturated heterocycles. The fourth-order valence-electron chi connectivity index (χ4n) is 3.09. The first-order chi connectivity index (χ1) is 8.91. The van der Waals surface area contributed by atoms with Crippen LogP contribution in [0, 0.1) is 28.9 Å². The van der Waals surface area contributed by atoms with Crippen LogP contribution in [0.4, 0.5) is 11.5 Å². The zero-order chi connectivity index (χ0) is 14.2. The molecule has 0 bridgehead atoms. The van der Waals surface area contributed by atoms with E-state index in [-0.39, 0.29) is 17.5 Å². The zero-order valence-corrected chi connectivity index (χ0v) is 11.8. The third-order valence-corrected chi connectivity index (χ3v) is 4.25. The Morgan fingerprint density at radius 1 is 1.47 bits per heavy atom. The van der Waals surface area contributed by atoms with E-state index in [1.807, 2.05) is 0 Å². The highest BCUT2D eigenvalue weighted by atomic mass is 16.6. The van der Waals surface area contributed by atoms with E-state index in [4.69, 9.17) is 5.73 Å². The summed E-state index contributed by atoms with van der Waals surface area (Å²) in [5, 5.41) is 15.3. The van der Waals surface area contributed by atoms with Crippen molar-refractivity contribution in [3.8, 4) is 0 Å². The van der Waals surface area contributed by atoms with Gasteiger partial charge in [-0.15, -0.1) is 0 Å². The van der Waals surface area contributed by atoms with Gasteiger partial charge in [-0.05, 0) is 31.6 Å². The minimum atomic E-state index is -0.434. The first kappa shape index (κ1) is 13.8. The lowest BCUT2D eigenvalue weighted by Crippen LogP contribution is -2.24. The van der Waals surface area contributed by atoms with Gasteiger partial charge in [0.1, 0.15) is 5.69 Å². The molecule has 2 rings (SSSR count). The molecule has 0 amide bonds. The number of hydrogen-bond acceptors (Lipinski definition) is 4. The largest absolute Gasteiger partial charge is 0.378 e. The maximum absolute atomic E-state index is 11.0. The molecule has 2 N–H and O–H groups in total. The molecular formula is C13H22N4O2. The molecule has 1 heterocycles. The lowest BCUT2D eigenvalue weighted by molar-refractivity contribution is -0.384. The Morgan fingerprint density at radius 2 is 2.16 bits per heavy atom. The summed E-state index contributed by atoms with van der Waals surface area (Å²) >= 11 is 0. The van der Waals surface area contributed by atoms with Gasteiger partial charge in [-0.1, -0.05) is 26.7 Å². The summed E-state index contributed by atoms with van der Waals surface area (Å²) in [5.41, 5.74) is 6.29. The number of anilines is 1. The highest BCUT2D eigenvalue weighted by Gasteiger charge is 2.31. The molecule has 1 aliphatic carbocycles. The van der Waals surface area contributed by atoms with Crippen molar-refractivity contribution >= 4 is 11.5 Å². The number of nitro groups is 1. The number of aryl methyl sites for hydroxylation is 1. The summed E-state index contributed by atoms with van der Waals surface area (Å²) < 4.78 is 1.68. The average Bonchev–Trinajstić information content (AvgIpc) is 2.65. The Hall–Kier alpha value is -1.59. The van der Waals surface area contributed by atoms with Gasteiger partial charge in [-0.25, -0.2) is 4.68 Å². The fourth-order valence-corrected chi connectivity index (χ4v) is 3.09. The van der Waals surface area contributed by atoms with Crippen LogP contribution >= 0.6 is 0 Å². The lowest BCUT2D eigenvalue weighted by atomic mass is 9.79. The number of rotatable bonds is 3. The van der Waals surface area contributed by atoms with E-state index in [1.54, 1.807) is 11.6 Å². The number of nitrogens with zero attached hydrogens (tertiary/aromatic N) is 3. The van der Waals surface area contributed by atoms with E-state index in [9.17, 15) is 10.1 Å². The van der Waals surface area contributed by atoms with Crippen LogP contribution in [-0.4, -0.2) is 14.7 Å². The number of nitrogen functional groups attached to an aromatic ring is 1. The number of aromatic nitrogens is 2. The van der Waals surface area contributed by atoms with Crippen molar-refractivity contribution in [2.45, 2.75) is 52.5 Å². The van der Waals surface area contributed by atoms with Crippen LogP contribution in [0.15, 0.2) is 0 Å².